The van der Waals surface area contributed by atoms with E-state index in [-0.39, 0.29) is 5.75 Å². The first kappa shape index (κ1) is 12.9. The van der Waals surface area contributed by atoms with E-state index < -0.39 is 11.6 Å². The highest BCUT2D eigenvalue weighted by Crippen LogP contribution is 2.32. The maximum Gasteiger partial charge on any atom is 0.379 e. The molecule has 0 aliphatic carbocycles. The molecule has 1 heterocycles. The van der Waals surface area contributed by atoms with Crippen LogP contribution in [0.25, 0.3) is 11.0 Å². The molecule has 0 aliphatic heterocycles. The summed E-state index contributed by atoms with van der Waals surface area (Å²) in [6.07, 6.45) is 0. The van der Waals surface area contributed by atoms with Gasteiger partial charge in [0.25, 0.3) is 0 Å². The zero-order valence-electron chi connectivity index (χ0n) is 10.7. The summed E-state index contributed by atoms with van der Waals surface area (Å²) < 4.78 is 20.1. The summed E-state index contributed by atoms with van der Waals surface area (Å²) >= 11 is 0. The van der Waals surface area contributed by atoms with Crippen LogP contribution in [0.3, 0.4) is 0 Å². The van der Waals surface area contributed by atoms with Crippen molar-refractivity contribution in [1.82, 2.24) is 0 Å². The number of hydrogen-bond donors (Lipinski definition) is 0. The van der Waals surface area contributed by atoms with Gasteiger partial charge in [0, 0.05) is 18.4 Å². The number of methoxy groups -OCH3 is 2. The Bertz CT molecular complexity index is 685. The van der Waals surface area contributed by atoms with Crippen molar-refractivity contribution in [2.24, 2.45) is 0 Å². The Labute approximate surface area is 108 Å². The van der Waals surface area contributed by atoms with Crippen LogP contribution in [0.2, 0.25) is 0 Å². The molecule has 0 saturated heterocycles. The van der Waals surface area contributed by atoms with E-state index in [0.717, 1.165) is 0 Å². The van der Waals surface area contributed by atoms with Gasteiger partial charge in [-0.15, -0.1) is 0 Å². The van der Waals surface area contributed by atoms with Crippen LogP contribution in [0.1, 0.15) is 6.92 Å². The monoisotopic (exact) mass is 264 g/mol. The Kier molecular flexibility index (Phi) is 3.41. The van der Waals surface area contributed by atoms with Crippen LogP contribution in [0.15, 0.2) is 27.4 Å². The fraction of sp³-hybridized carbons (Fsp3) is 0.231. The SMILES string of the molecule is COc1cc2cc(OC(C)=O)c(=O)oc2cc1OC. The summed E-state index contributed by atoms with van der Waals surface area (Å²) in [5, 5.41) is 0.563. The molecule has 0 radical (unpaired) electrons. The number of esters is 1. The molecule has 0 bridgehead atoms. The van der Waals surface area contributed by atoms with Crippen molar-refractivity contribution in [2.45, 2.75) is 6.92 Å². The highest BCUT2D eigenvalue weighted by atomic mass is 16.5. The largest absolute Gasteiger partial charge is 0.493 e. The van der Waals surface area contributed by atoms with Crippen LogP contribution in [-0.4, -0.2) is 20.2 Å². The number of ether oxygens (including phenoxy) is 3. The summed E-state index contributed by atoms with van der Waals surface area (Å²) in [6, 6.07) is 4.59. The van der Waals surface area contributed by atoms with E-state index in [1.165, 1.54) is 33.3 Å². The van der Waals surface area contributed by atoms with Gasteiger partial charge in [-0.3, -0.25) is 4.79 Å². The van der Waals surface area contributed by atoms with E-state index in [0.29, 0.717) is 22.5 Å². The van der Waals surface area contributed by atoms with Crippen LogP contribution in [0.5, 0.6) is 17.2 Å². The second-order valence-electron chi connectivity index (χ2n) is 3.74. The van der Waals surface area contributed by atoms with Gasteiger partial charge >= 0.3 is 11.6 Å². The summed E-state index contributed by atoms with van der Waals surface area (Å²) in [6.45, 7) is 1.21. The number of carbonyl (C=O) groups excluding carboxylic acids is 1. The molecule has 0 N–H and O–H groups in total. The molecule has 1 aromatic heterocycles. The van der Waals surface area contributed by atoms with E-state index in [2.05, 4.69) is 0 Å². The van der Waals surface area contributed by atoms with E-state index in [1.54, 1.807) is 6.07 Å². The lowest BCUT2D eigenvalue weighted by molar-refractivity contribution is -0.132. The van der Waals surface area contributed by atoms with Crippen molar-refractivity contribution >= 4 is 16.9 Å². The van der Waals surface area contributed by atoms with Crippen LogP contribution < -0.4 is 19.8 Å². The number of carbonyl (C=O) groups is 1. The molecule has 1 aromatic carbocycles. The predicted molar refractivity (Wildman–Crippen MR) is 66.9 cm³/mol. The second-order valence-corrected chi connectivity index (χ2v) is 3.74. The molecular formula is C13H12O6. The standard InChI is InChI=1S/C13H12O6/c1-7(14)18-12-5-8-4-10(16-2)11(17-3)6-9(8)19-13(12)15/h4-6H,1-3H3. The fourth-order valence-electron chi connectivity index (χ4n) is 1.65. The van der Waals surface area contributed by atoms with E-state index in [1.807, 2.05) is 0 Å². The molecule has 0 unspecified atom stereocenters. The Morgan fingerprint density at radius 1 is 1.05 bits per heavy atom. The van der Waals surface area contributed by atoms with Gasteiger partial charge in [0.1, 0.15) is 5.58 Å². The van der Waals surface area contributed by atoms with Gasteiger partial charge in [-0.2, -0.15) is 0 Å². The van der Waals surface area contributed by atoms with Crippen molar-refractivity contribution in [2.75, 3.05) is 14.2 Å². The molecule has 0 spiro atoms. The molecule has 100 valence electrons. The maximum absolute atomic E-state index is 11.6. The average Bonchev–Trinajstić information content (AvgIpc) is 2.37. The Morgan fingerprint density at radius 2 is 1.63 bits per heavy atom. The molecule has 6 nitrogen and oxygen atoms in total. The van der Waals surface area contributed by atoms with E-state index in [4.69, 9.17) is 18.6 Å². The first-order valence-corrected chi connectivity index (χ1v) is 5.43. The zero-order valence-corrected chi connectivity index (χ0v) is 10.7. The van der Waals surface area contributed by atoms with Crippen molar-refractivity contribution in [3.8, 4) is 17.2 Å². The van der Waals surface area contributed by atoms with Crippen LogP contribution >= 0.6 is 0 Å². The first-order valence-electron chi connectivity index (χ1n) is 5.43. The van der Waals surface area contributed by atoms with Crippen LogP contribution in [0, 0.1) is 0 Å². The van der Waals surface area contributed by atoms with Gasteiger partial charge in [-0.25, -0.2) is 4.79 Å². The van der Waals surface area contributed by atoms with Crippen molar-refractivity contribution < 1.29 is 23.4 Å². The lowest BCUT2D eigenvalue weighted by Gasteiger charge is -2.08. The van der Waals surface area contributed by atoms with Gasteiger partial charge in [0.2, 0.25) is 5.75 Å². The third kappa shape index (κ3) is 2.52. The Balaban J connectivity index is 2.65. The molecule has 19 heavy (non-hydrogen) atoms. The number of fused-ring (bicyclic) bond motifs is 1. The van der Waals surface area contributed by atoms with Gasteiger partial charge in [-0.05, 0) is 12.1 Å². The van der Waals surface area contributed by atoms with Crippen LogP contribution in [0.4, 0.5) is 0 Å². The number of hydrogen-bond acceptors (Lipinski definition) is 6. The lowest BCUT2D eigenvalue weighted by atomic mass is 10.2. The molecule has 0 aliphatic rings. The quantitative estimate of drug-likeness (QED) is 0.621. The maximum atomic E-state index is 11.6. The smallest absolute Gasteiger partial charge is 0.379 e. The van der Waals surface area contributed by atoms with Gasteiger partial charge in [-0.1, -0.05) is 0 Å². The van der Waals surface area contributed by atoms with Crippen molar-refractivity contribution in [3.63, 3.8) is 0 Å². The van der Waals surface area contributed by atoms with Gasteiger partial charge in [0.15, 0.2) is 11.5 Å². The van der Waals surface area contributed by atoms with Crippen molar-refractivity contribution in [3.05, 3.63) is 28.6 Å². The average molecular weight is 264 g/mol. The van der Waals surface area contributed by atoms with E-state index >= 15 is 0 Å². The molecule has 0 atom stereocenters. The minimum absolute atomic E-state index is 0.160. The molecule has 0 amide bonds. The van der Waals surface area contributed by atoms with E-state index in [9.17, 15) is 9.59 Å². The van der Waals surface area contributed by atoms with Gasteiger partial charge in [0.05, 0.1) is 14.2 Å². The third-order valence-corrected chi connectivity index (χ3v) is 2.46. The molecule has 0 saturated carbocycles. The minimum Gasteiger partial charge on any atom is -0.493 e. The van der Waals surface area contributed by atoms with Crippen LogP contribution in [-0.2, 0) is 4.79 Å². The topological polar surface area (TPSA) is 75.0 Å². The normalized spacial score (nSPS) is 10.3. The molecular weight excluding hydrogens is 252 g/mol. The Hall–Kier alpha value is -2.50. The number of rotatable bonds is 3. The molecule has 0 fully saturated rings. The third-order valence-electron chi connectivity index (χ3n) is 2.46. The molecule has 6 heteroatoms. The summed E-state index contributed by atoms with van der Waals surface area (Å²) in [7, 11) is 2.98. The first-order chi connectivity index (χ1) is 9.05. The number of benzene rings is 1. The molecule has 2 aromatic rings. The second kappa shape index (κ2) is 5.01. The van der Waals surface area contributed by atoms with Crippen molar-refractivity contribution in [1.29, 1.82) is 0 Å². The zero-order chi connectivity index (χ0) is 14.0. The highest BCUT2D eigenvalue weighted by molar-refractivity contribution is 5.82. The fourth-order valence-corrected chi connectivity index (χ4v) is 1.65. The minimum atomic E-state index is -0.727. The predicted octanol–water partition coefficient (Wildman–Crippen LogP) is 1.74. The highest BCUT2D eigenvalue weighted by Gasteiger charge is 2.12. The summed E-state index contributed by atoms with van der Waals surface area (Å²) in [5.74, 6) is 0.176. The molecule has 2 rings (SSSR count). The lowest BCUT2D eigenvalue weighted by Crippen LogP contribution is -2.10. The summed E-state index contributed by atoms with van der Waals surface area (Å²) in [4.78, 5) is 22.5. The summed E-state index contributed by atoms with van der Waals surface area (Å²) in [5.41, 5.74) is -0.409. The van der Waals surface area contributed by atoms with Gasteiger partial charge < -0.3 is 18.6 Å². The Morgan fingerprint density at radius 3 is 2.21 bits per heavy atom.